The molecule has 134 valence electrons. The molecule has 1 unspecified atom stereocenters. The highest BCUT2D eigenvalue weighted by Gasteiger charge is 2.10. The van der Waals surface area contributed by atoms with Gasteiger partial charge in [-0.15, -0.1) is 11.8 Å². The molecular formula is C19H22INO3S. The summed E-state index contributed by atoms with van der Waals surface area (Å²) in [4.78, 5) is 17.4. The van der Waals surface area contributed by atoms with Gasteiger partial charge in [0.2, 0.25) is 5.88 Å². The van der Waals surface area contributed by atoms with Crippen molar-refractivity contribution in [3.8, 4) is 11.6 Å². The van der Waals surface area contributed by atoms with Crippen LogP contribution in [-0.4, -0.2) is 26.1 Å². The minimum atomic E-state index is -0.0379. The molecule has 0 bridgehead atoms. The van der Waals surface area contributed by atoms with Gasteiger partial charge < -0.3 is 9.84 Å². The molecule has 1 N–H and O–H groups in total. The van der Waals surface area contributed by atoms with Gasteiger partial charge in [-0.1, -0.05) is 29.5 Å². The first kappa shape index (κ1) is 20.2. The molecule has 0 fully saturated rings. The van der Waals surface area contributed by atoms with Gasteiger partial charge in [0.05, 0.1) is 6.61 Å². The smallest absolute Gasteiger partial charge is 0.219 e. The third kappa shape index (κ3) is 5.97. The molecule has 0 aliphatic carbocycles. The zero-order valence-corrected chi connectivity index (χ0v) is 17.3. The lowest BCUT2D eigenvalue weighted by molar-refractivity contribution is 0.0980. The predicted molar refractivity (Wildman–Crippen MR) is 110 cm³/mol. The highest BCUT2D eigenvalue weighted by atomic mass is 127. The Labute approximate surface area is 166 Å². The predicted octanol–water partition coefficient (Wildman–Crippen LogP) is 5.26. The summed E-state index contributed by atoms with van der Waals surface area (Å²) in [7, 11) is 0. The number of halogens is 1. The largest absolute Gasteiger partial charge is 0.439 e. The van der Waals surface area contributed by atoms with Crippen LogP contribution < -0.4 is 4.74 Å². The van der Waals surface area contributed by atoms with Crippen LogP contribution in [0.3, 0.4) is 0 Å². The van der Waals surface area contributed by atoms with E-state index in [-0.39, 0.29) is 12.4 Å². The average Bonchev–Trinajstić information content (AvgIpc) is 2.66. The number of hydrogen-bond acceptors (Lipinski definition) is 5. The minimum Gasteiger partial charge on any atom is -0.439 e. The number of ether oxygens (including phenoxy) is 1. The quantitative estimate of drug-likeness (QED) is 0.234. The summed E-state index contributed by atoms with van der Waals surface area (Å²) in [5, 5.41) is 9.42. The van der Waals surface area contributed by atoms with E-state index in [4.69, 9.17) is 4.74 Å². The van der Waals surface area contributed by atoms with Gasteiger partial charge in [0.25, 0.3) is 0 Å². The highest BCUT2D eigenvalue weighted by Crippen LogP contribution is 2.27. The maximum atomic E-state index is 12.2. The van der Waals surface area contributed by atoms with Crippen LogP contribution >= 0.6 is 34.4 Å². The van der Waals surface area contributed by atoms with E-state index in [0.717, 1.165) is 23.3 Å². The molecule has 0 aliphatic rings. The standard InChI is InChI=1S/C19H22INO3S/c1-3-15(20)5-7-17(23)13-4-9-19(21-11-13)24-16-6-8-18(25-2)14(10-16)12-22/h4,6,8-11,15,22H,3,5,7,12H2,1-2H3. The lowest BCUT2D eigenvalue weighted by atomic mass is 10.1. The Hall–Kier alpha value is -1.12. The molecular weight excluding hydrogens is 449 g/mol. The second kappa shape index (κ2) is 10.1. The average molecular weight is 471 g/mol. The third-order valence-corrected chi connectivity index (χ3v) is 6.17. The SMILES string of the molecule is CCC(I)CCC(=O)c1ccc(Oc2ccc(SC)c(CO)c2)nc1. The number of rotatable bonds is 9. The van der Waals surface area contributed by atoms with Gasteiger partial charge in [-0.2, -0.15) is 0 Å². The number of Topliss-reactive ketones (excluding diaryl/α,β-unsaturated/α-hetero) is 1. The molecule has 1 atom stereocenters. The number of carbonyl (C=O) groups is 1. The number of aliphatic hydroxyl groups excluding tert-OH is 1. The molecule has 0 radical (unpaired) electrons. The lowest BCUT2D eigenvalue weighted by Crippen LogP contribution is -2.04. The molecule has 25 heavy (non-hydrogen) atoms. The maximum absolute atomic E-state index is 12.2. The van der Waals surface area contributed by atoms with Crippen molar-refractivity contribution >= 4 is 40.1 Å². The lowest BCUT2D eigenvalue weighted by Gasteiger charge is -2.09. The molecule has 4 nitrogen and oxygen atoms in total. The number of carbonyl (C=O) groups excluding carboxylic acids is 1. The van der Waals surface area contributed by atoms with Crippen LogP contribution in [0.15, 0.2) is 41.4 Å². The van der Waals surface area contributed by atoms with Crippen molar-refractivity contribution in [3.05, 3.63) is 47.7 Å². The number of alkyl halides is 1. The second-order valence-electron chi connectivity index (χ2n) is 5.59. The molecule has 6 heteroatoms. The van der Waals surface area contributed by atoms with Crippen molar-refractivity contribution in [1.82, 2.24) is 4.98 Å². The number of aromatic nitrogens is 1. The summed E-state index contributed by atoms with van der Waals surface area (Å²) >= 11 is 3.96. The van der Waals surface area contributed by atoms with Gasteiger partial charge in [-0.3, -0.25) is 4.79 Å². The van der Waals surface area contributed by atoms with Gasteiger partial charge in [-0.05, 0) is 48.9 Å². The fourth-order valence-corrected chi connectivity index (χ4v) is 3.21. The van der Waals surface area contributed by atoms with Gasteiger partial charge in [0.1, 0.15) is 5.75 Å². The third-order valence-electron chi connectivity index (χ3n) is 3.83. The van der Waals surface area contributed by atoms with Crippen molar-refractivity contribution < 1.29 is 14.6 Å². The monoisotopic (exact) mass is 471 g/mol. The van der Waals surface area contributed by atoms with Crippen LogP contribution in [0.5, 0.6) is 11.6 Å². The summed E-state index contributed by atoms with van der Waals surface area (Å²) in [6.07, 6.45) is 6.03. The highest BCUT2D eigenvalue weighted by molar-refractivity contribution is 14.1. The molecule has 0 aliphatic heterocycles. The summed E-state index contributed by atoms with van der Waals surface area (Å²) in [5.41, 5.74) is 1.43. The maximum Gasteiger partial charge on any atom is 0.219 e. The van der Waals surface area contributed by atoms with Gasteiger partial charge in [0, 0.05) is 33.1 Å². The molecule has 0 saturated carbocycles. The van der Waals surface area contributed by atoms with Gasteiger partial charge in [-0.25, -0.2) is 4.98 Å². The first-order valence-electron chi connectivity index (χ1n) is 8.16. The number of aliphatic hydroxyl groups is 1. The zero-order chi connectivity index (χ0) is 18.2. The van der Waals surface area contributed by atoms with E-state index in [2.05, 4.69) is 34.5 Å². The van der Waals surface area contributed by atoms with Crippen LogP contribution in [0, 0.1) is 0 Å². The molecule has 0 amide bonds. The Bertz CT molecular complexity index is 706. The number of benzene rings is 1. The van der Waals surface area contributed by atoms with Crippen LogP contribution in [0.25, 0.3) is 0 Å². The zero-order valence-electron chi connectivity index (χ0n) is 14.4. The van der Waals surface area contributed by atoms with Crippen LogP contribution in [0.4, 0.5) is 0 Å². The molecule has 1 aromatic heterocycles. The Morgan fingerprint density at radius 3 is 2.76 bits per heavy atom. The topological polar surface area (TPSA) is 59.4 Å². The number of ketones is 1. The Kier molecular flexibility index (Phi) is 8.18. The minimum absolute atomic E-state index is 0.0379. The first-order chi connectivity index (χ1) is 12.1. The molecule has 0 spiro atoms. The number of thioether (sulfide) groups is 1. The van der Waals surface area contributed by atoms with Gasteiger partial charge >= 0.3 is 0 Å². The Morgan fingerprint density at radius 2 is 2.16 bits per heavy atom. The van der Waals surface area contributed by atoms with Crippen LogP contribution in [0.2, 0.25) is 0 Å². The number of hydrogen-bond donors (Lipinski definition) is 1. The van der Waals surface area contributed by atoms with E-state index in [1.807, 2.05) is 18.4 Å². The van der Waals surface area contributed by atoms with E-state index in [1.54, 1.807) is 36.2 Å². The van der Waals surface area contributed by atoms with Crippen molar-refractivity contribution in [3.63, 3.8) is 0 Å². The molecule has 2 rings (SSSR count). The van der Waals surface area contributed by atoms with Crippen molar-refractivity contribution in [1.29, 1.82) is 0 Å². The Balaban J connectivity index is 2.01. The summed E-state index contributed by atoms with van der Waals surface area (Å²) < 4.78 is 6.26. The van der Waals surface area contributed by atoms with Gasteiger partial charge in [0.15, 0.2) is 5.78 Å². The van der Waals surface area contributed by atoms with Crippen molar-refractivity contribution in [2.24, 2.45) is 0 Å². The summed E-state index contributed by atoms with van der Waals surface area (Å²) in [5.74, 6) is 1.16. The molecule has 1 aromatic carbocycles. The second-order valence-corrected chi connectivity index (χ2v) is 8.20. The summed E-state index contributed by atoms with van der Waals surface area (Å²) in [6, 6.07) is 9.02. The molecule has 1 heterocycles. The molecule has 2 aromatic rings. The molecule has 0 saturated heterocycles. The normalized spacial score (nSPS) is 12.0. The fourth-order valence-electron chi connectivity index (χ4n) is 2.30. The van der Waals surface area contributed by atoms with E-state index in [0.29, 0.717) is 27.5 Å². The van der Waals surface area contributed by atoms with Crippen LogP contribution in [-0.2, 0) is 6.61 Å². The van der Waals surface area contributed by atoms with E-state index < -0.39 is 0 Å². The first-order valence-corrected chi connectivity index (χ1v) is 10.6. The Morgan fingerprint density at radius 1 is 1.36 bits per heavy atom. The number of pyridine rings is 1. The van der Waals surface area contributed by atoms with Crippen molar-refractivity contribution in [2.45, 2.75) is 41.6 Å². The van der Waals surface area contributed by atoms with Crippen molar-refractivity contribution in [2.75, 3.05) is 6.26 Å². The van der Waals surface area contributed by atoms with E-state index >= 15 is 0 Å². The van der Waals surface area contributed by atoms with E-state index in [1.165, 1.54) is 0 Å². The number of nitrogens with zero attached hydrogens (tertiary/aromatic N) is 1. The summed E-state index contributed by atoms with van der Waals surface area (Å²) in [6.45, 7) is 2.09. The van der Waals surface area contributed by atoms with E-state index in [9.17, 15) is 9.90 Å². The fraction of sp³-hybridized carbons (Fsp3) is 0.368. The van der Waals surface area contributed by atoms with Crippen LogP contribution in [0.1, 0.15) is 42.1 Å².